The highest BCUT2D eigenvalue weighted by Crippen LogP contribution is 2.20. The van der Waals surface area contributed by atoms with E-state index in [4.69, 9.17) is 4.74 Å². The monoisotopic (exact) mass is 203 g/mol. The Bertz CT molecular complexity index is 171. The summed E-state index contributed by atoms with van der Waals surface area (Å²) >= 11 is 1.77. The van der Waals surface area contributed by atoms with Crippen LogP contribution in [0.25, 0.3) is 0 Å². The average Bonchev–Trinajstić information content (AvgIpc) is 2.94. The van der Waals surface area contributed by atoms with Crippen LogP contribution in [0.1, 0.15) is 19.8 Å². The zero-order valence-corrected chi connectivity index (χ0v) is 9.02. The van der Waals surface area contributed by atoms with Crippen LogP contribution in [-0.4, -0.2) is 36.7 Å². The zero-order chi connectivity index (χ0) is 9.68. The molecule has 13 heavy (non-hydrogen) atoms. The molecule has 76 valence electrons. The van der Waals surface area contributed by atoms with Gasteiger partial charge in [0.15, 0.2) is 0 Å². The van der Waals surface area contributed by atoms with E-state index in [1.807, 2.05) is 0 Å². The second kappa shape index (κ2) is 5.50. The summed E-state index contributed by atoms with van der Waals surface area (Å²) in [5.74, 6) is 1.73. The fraction of sp³-hybridized carbons (Fsp3) is 0.889. The van der Waals surface area contributed by atoms with Gasteiger partial charge in [0.25, 0.3) is 0 Å². The number of carbonyl (C=O) groups excluding carboxylic acids is 1. The third-order valence-electron chi connectivity index (χ3n) is 1.99. The minimum Gasteiger partial charge on any atom is -0.468 e. The van der Waals surface area contributed by atoms with Crippen molar-refractivity contribution in [3.05, 3.63) is 0 Å². The highest BCUT2D eigenvalue weighted by Gasteiger charge is 2.28. The molecule has 1 N–H and O–H groups in total. The molecule has 1 unspecified atom stereocenters. The minimum atomic E-state index is -0.132. The number of hydrogen-bond acceptors (Lipinski definition) is 4. The van der Waals surface area contributed by atoms with Crippen molar-refractivity contribution < 1.29 is 9.53 Å². The first kappa shape index (κ1) is 10.9. The van der Waals surface area contributed by atoms with Gasteiger partial charge in [-0.2, -0.15) is 11.8 Å². The quantitative estimate of drug-likeness (QED) is 0.654. The number of rotatable bonds is 6. The average molecular weight is 203 g/mol. The lowest BCUT2D eigenvalue weighted by molar-refractivity contribution is -0.142. The van der Waals surface area contributed by atoms with Crippen molar-refractivity contribution in [2.24, 2.45) is 0 Å². The van der Waals surface area contributed by atoms with Crippen LogP contribution >= 0.6 is 11.8 Å². The Morgan fingerprint density at radius 3 is 2.85 bits per heavy atom. The van der Waals surface area contributed by atoms with Crippen LogP contribution in [0, 0.1) is 0 Å². The first-order chi connectivity index (χ1) is 6.27. The number of hydrogen-bond donors (Lipinski definition) is 1. The van der Waals surface area contributed by atoms with Crippen molar-refractivity contribution in [2.75, 3.05) is 18.6 Å². The third kappa shape index (κ3) is 4.00. The van der Waals surface area contributed by atoms with Gasteiger partial charge in [-0.3, -0.25) is 4.79 Å². The van der Waals surface area contributed by atoms with Gasteiger partial charge < -0.3 is 10.1 Å². The van der Waals surface area contributed by atoms with Gasteiger partial charge >= 0.3 is 5.97 Å². The van der Waals surface area contributed by atoms with E-state index in [0.29, 0.717) is 6.04 Å². The molecule has 0 heterocycles. The van der Waals surface area contributed by atoms with E-state index in [9.17, 15) is 4.79 Å². The summed E-state index contributed by atoms with van der Waals surface area (Å²) in [6.45, 7) is 2.09. The Labute approximate surface area is 83.6 Å². The molecule has 1 aliphatic rings. The molecule has 4 heteroatoms. The Morgan fingerprint density at radius 2 is 2.38 bits per heavy atom. The number of ether oxygens (including phenoxy) is 1. The topological polar surface area (TPSA) is 38.3 Å². The molecule has 0 spiro atoms. The summed E-state index contributed by atoms with van der Waals surface area (Å²) in [6, 6.07) is 0.448. The zero-order valence-electron chi connectivity index (χ0n) is 8.21. The standard InChI is InChI=1S/C9H17NO2S/c1-3-13-6-8(9(11)12-2)10-7-4-5-7/h7-8,10H,3-6H2,1-2H3. The minimum absolute atomic E-state index is 0.109. The SMILES string of the molecule is CCSCC(NC1CC1)C(=O)OC. The van der Waals surface area contributed by atoms with Crippen LogP contribution in [0.4, 0.5) is 0 Å². The molecule has 0 aromatic rings. The van der Waals surface area contributed by atoms with Crippen molar-refractivity contribution in [3.63, 3.8) is 0 Å². The molecule has 1 saturated carbocycles. The Hall–Kier alpha value is -0.220. The van der Waals surface area contributed by atoms with Crippen molar-refractivity contribution in [2.45, 2.75) is 31.8 Å². The molecular formula is C9H17NO2S. The lowest BCUT2D eigenvalue weighted by Crippen LogP contribution is -2.41. The molecule has 0 aromatic heterocycles. The van der Waals surface area contributed by atoms with Gasteiger partial charge in [-0.1, -0.05) is 6.92 Å². The van der Waals surface area contributed by atoms with Gasteiger partial charge in [-0.25, -0.2) is 0 Å². The number of methoxy groups -OCH3 is 1. The second-order valence-electron chi connectivity index (χ2n) is 3.18. The third-order valence-corrected chi connectivity index (χ3v) is 2.97. The first-order valence-corrected chi connectivity index (χ1v) is 5.85. The summed E-state index contributed by atoms with van der Waals surface area (Å²) < 4.78 is 4.72. The summed E-state index contributed by atoms with van der Waals surface area (Å²) in [6.07, 6.45) is 2.40. The Kier molecular flexibility index (Phi) is 4.59. The van der Waals surface area contributed by atoms with Crippen molar-refractivity contribution in [1.82, 2.24) is 5.32 Å². The van der Waals surface area contributed by atoms with E-state index < -0.39 is 0 Å². The van der Waals surface area contributed by atoms with E-state index in [1.165, 1.54) is 20.0 Å². The van der Waals surface area contributed by atoms with Gasteiger partial charge in [-0.15, -0.1) is 0 Å². The molecule has 3 nitrogen and oxygen atoms in total. The molecular weight excluding hydrogens is 186 g/mol. The summed E-state index contributed by atoms with van der Waals surface area (Å²) in [5, 5.41) is 3.28. The number of thioether (sulfide) groups is 1. The van der Waals surface area contributed by atoms with Crippen LogP contribution in [0.15, 0.2) is 0 Å². The van der Waals surface area contributed by atoms with Crippen LogP contribution in [-0.2, 0) is 9.53 Å². The van der Waals surface area contributed by atoms with E-state index >= 15 is 0 Å². The van der Waals surface area contributed by atoms with Gasteiger partial charge in [0.1, 0.15) is 6.04 Å². The van der Waals surface area contributed by atoms with Crippen LogP contribution < -0.4 is 5.32 Å². The largest absolute Gasteiger partial charge is 0.468 e. The van der Waals surface area contributed by atoms with Gasteiger partial charge in [-0.05, 0) is 18.6 Å². The number of carbonyl (C=O) groups is 1. The predicted molar refractivity (Wildman–Crippen MR) is 55.0 cm³/mol. The Balaban J connectivity index is 2.27. The molecule has 0 saturated heterocycles. The van der Waals surface area contributed by atoms with Crippen molar-refractivity contribution in [3.8, 4) is 0 Å². The van der Waals surface area contributed by atoms with E-state index in [-0.39, 0.29) is 12.0 Å². The number of esters is 1. The van der Waals surface area contributed by atoms with Gasteiger partial charge in [0, 0.05) is 11.8 Å². The molecule has 1 aliphatic carbocycles. The lowest BCUT2D eigenvalue weighted by Gasteiger charge is -2.14. The summed E-state index contributed by atoms with van der Waals surface area (Å²) in [4.78, 5) is 11.3. The summed E-state index contributed by atoms with van der Waals surface area (Å²) in [5.41, 5.74) is 0. The summed E-state index contributed by atoms with van der Waals surface area (Å²) in [7, 11) is 1.44. The fourth-order valence-corrected chi connectivity index (χ4v) is 1.80. The second-order valence-corrected chi connectivity index (χ2v) is 4.50. The number of nitrogens with one attached hydrogen (secondary N) is 1. The van der Waals surface area contributed by atoms with Crippen molar-refractivity contribution in [1.29, 1.82) is 0 Å². The predicted octanol–water partition coefficient (Wildman–Crippen LogP) is 1.03. The molecule has 0 aromatic carbocycles. The maximum atomic E-state index is 11.3. The molecule has 0 amide bonds. The highest BCUT2D eigenvalue weighted by molar-refractivity contribution is 7.99. The van der Waals surface area contributed by atoms with E-state index in [2.05, 4.69) is 12.2 Å². The molecule has 0 bridgehead atoms. The van der Waals surface area contributed by atoms with Crippen LogP contribution in [0.2, 0.25) is 0 Å². The fourth-order valence-electron chi connectivity index (χ4n) is 1.10. The maximum Gasteiger partial charge on any atom is 0.323 e. The molecule has 1 fully saturated rings. The molecule has 0 aliphatic heterocycles. The molecule has 1 rings (SSSR count). The smallest absolute Gasteiger partial charge is 0.323 e. The highest BCUT2D eigenvalue weighted by atomic mass is 32.2. The van der Waals surface area contributed by atoms with Crippen LogP contribution in [0.3, 0.4) is 0 Å². The normalized spacial score (nSPS) is 18.3. The Morgan fingerprint density at radius 1 is 1.69 bits per heavy atom. The lowest BCUT2D eigenvalue weighted by atomic mass is 10.3. The first-order valence-electron chi connectivity index (χ1n) is 4.69. The molecule has 1 atom stereocenters. The molecule has 0 radical (unpaired) electrons. The van der Waals surface area contributed by atoms with Gasteiger partial charge in [0.2, 0.25) is 0 Å². The van der Waals surface area contributed by atoms with E-state index in [1.54, 1.807) is 11.8 Å². The van der Waals surface area contributed by atoms with Gasteiger partial charge in [0.05, 0.1) is 7.11 Å². The van der Waals surface area contributed by atoms with E-state index in [0.717, 1.165) is 11.5 Å². The maximum absolute atomic E-state index is 11.3. The van der Waals surface area contributed by atoms with Crippen molar-refractivity contribution >= 4 is 17.7 Å². The van der Waals surface area contributed by atoms with Crippen LogP contribution in [0.5, 0.6) is 0 Å².